The Hall–Kier alpha value is -1.16. The molecule has 2 bridgehead atoms. The van der Waals surface area contributed by atoms with Crippen LogP contribution in [-0.4, -0.2) is 28.2 Å². The lowest BCUT2D eigenvalue weighted by Gasteiger charge is -2.39. The summed E-state index contributed by atoms with van der Waals surface area (Å²) in [5.74, 6) is 0.660. The molecule has 1 aromatic heterocycles. The van der Waals surface area contributed by atoms with Crippen LogP contribution in [0.1, 0.15) is 32.1 Å². The molecule has 3 rings (SSSR count). The molecule has 2 fully saturated rings. The fourth-order valence-electron chi connectivity index (χ4n) is 2.83. The minimum absolute atomic E-state index is 0.313. The van der Waals surface area contributed by atoms with E-state index in [1.807, 2.05) is 0 Å². The van der Waals surface area contributed by atoms with Crippen molar-refractivity contribution < 1.29 is 4.74 Å². The van der Waals surface area contributed by atoms with E-state index >= 15 is 0 Å². The average molecular weight is 219 g/mol. The van der Waals surface area contributed by atoms with Crippen LogP contribution in [0.5, 0.6) is 5.88 Å². The molecular weight excluding hydrogens is 202 g/mol. The van der Waals surface area contributed by atoms with Gasteiger partial charge < -0.3 is 10.1 Å². The van der Waals surface area contributed by atoms with E-state index in [4.69, 9.17) is 4.74 Å². The second-order valence-corrected chi connectivity index (χ2v) is 4.75. The highest BCUT2D eigenvalue weighted by Crippen LogP contribution is 2.27. The highest BCUT2D eigenvalue weighted by molar-refractivity contribution is 5.03. The van der Waals surface area contributed by atoms with Gasteiger partial charge in [-0.2, -0.15) is 0 Å². The van der Waals surface area contributed by atoms with Crippen molar-refractivity contribution in [2.24, 2.45) is 0 Å². The van der Waals surface area contributed by atoms with Gasteiger partial charge >= 0.3 is 0 Å². The third kappa shape index (κ3) is 2.16. The highest BCUT2D eigenvalue weighted by atomic mass is 16.5. The predicted molar refractivity (Wildman–Crippen MR) is 60.2 cm³/mol. The average Bonchev–Trinajstić information content (AvgIpc) is 2.30. The summed E-state index contributed by atoms with van der Waals surface area (Å²) in [7, 11) is 0. The molecule has 2 saturated heterocycles. The Kier molecular flexibility index (Phi) is 2.74. The van der Waals surface area contributed by atoms with E-state index in [0.29, 0.717) is 24.1 Å². The highest BCUT2D eigenvalue weighted by Gasteiger charge is 2.32. The molecule has 3 heterocycles. The maximum absolute atomic E-state index is 5.88. The summed E-state index contributed by atoms with van der Waals surface area (Å²) in [4.78, 5) is 8.18. The third-order valence-electron chi connectivity index (χ3n) is 3.50. The van der Waals surface area contributed by atoms with E-state index in [9.17, 15) is 0 Å². The molecule has 1 N–H and O–H groups in total. The number of hydrogen-bond donors (Lipinski definition) is 1. The second kappa shape index (κ2) is 4.37. The minimum Gasteiger partial charge on any atom is -0.473 e. The molecule has 0 radical (unpaired) electrons. The summed E-state index contributed by atoms with van der Waals surface area (Å²) in [5, 5.41) is 3.65. The van der Waals surface area contributed by atoms with Gasteiger partial charge in [-0.25, -0.2) is 4.98 Å². The van der Waals surface area contributed by atoms with Gasteiger partial charge in [-0.15, -0.1) is 0 Å². The number of nitrogens with one attached hydrogen (secondary N) is 1. The zero-order valence-electron chi connectivity index (χ0n) is 9.30. The number of rotatable bonds is 2. The fraction of sp³-hybridized carbons (Fsp3) is 0.667. The standard InChI is InChI=1S/C12H17N3O/c1-2-9-6-11(7-10(3-1)15-9)16-12-8-13-4-5-14-12/h4-5,8-11,15H,1-3,6-7H2/t9-,10+,11?. The van der Waals surface area contributed by atoms with Crippen molar-refractivity contribution in [1.29, 1.82) is 0 Å². The molecule has 16 heavy (non-hydrogen) atoms. The molecule has 0 saturated carbocycles. The van der Waals surface area contributed by atoms with Crippen LogP contribution in [0.15, 0.2) is 18.6 Å². The number of hydrogen-bond acceptors (Lipinski definition) is 4. The van der Waals surface area contributed by atoms with Crippen molar-refractivity contribution in [3.63, 3.8) is 0 Å². The van der Waals surface area contributed by atoms with Gasteiger partial charge in [-0.1, -0.05) is 6.42 Å². The van der Waals surface area contributed by atoms with Crippen LogP contribution in [0.25, 0.3) is 0 Å². The van der Waals surface area contributed by atoms with Gasteiger partial charge in [0.2, 0.25) is 5.88 Å². The van der Waals surface area contributed by atoms with Crippen molar-refractivity contribution >= 4 is 0 Å². The van der Waals surface area contributed by atoms with Gasteiger partial charge in [0.1, 0.15) is 6.10 Å². The molecular formula is C12H17N3O. The Labute approximate surface area is 95.4 Å². The number of aromatic nitrogens is 2. The van der Waals surface area contributed by atoms with Crippen molar-refractivity contribution in [2.75, 3.05) is 0 Å². The van der Waals surface area contributed by atoms with E-state index in [-0.39, 0.29) is 0 Å². The second-order valence-electron chi connectivity index (χ2n) is 4.75. The summed E-state index contributed by atoms with van der Waals surface area (Å²) in [6, 6.07) is 1.29. The molecule has 0 aliphatic carbocycles. The summed E-state index contributed by atoms with van der Waals surface area (Å²) in [5.41, 5.74) is 0. The van der Waals surface area contributed by atoms with Crippen LogP contribution in [0.3, 0.4) is 0 Å². The van der Waals surface area contributed by atoms with E-state index in [0.717, 1.165) is 12.8 Å². The summed E-state index contributed by atoms with van der Waals surface area (Å²) < 4.78 is 5.88. The van der Waals surface area contributed by atoms with Gasteiger partial charge in [0.25, 0.3) is 0 Å². The molecule has 0 spiro atoms. The Balaban J connectivity index is 1.63. The number of nitrogens with zero attached hydrogens (tertiary/aromatic N) is 2. The Morgan fingerprint density at radius 1 is 1.19 bits per heavy atom. The Morgan fingerprint density at radius 3 is 2.69 bits per heavy atom. The van der Waals surface area contributed by atoms with Crippen LogP contribution in [-0.2, 0) is 0 Å². The molecule has 86 valence electrons. The maximum atomic E-state index is 5.88. The molecule has 3 atom stereocenters. The van der Waals surface area contributed by atoms with Gasteiger partial charge in [0.15, 0.2) is 0 Å². The van der Waals surface area contributed by atoms with E-state index in [1.165, 1.54) is 19.3 Å². The first-order valence-electron chi connectivity index (χ1n) is 6.09. The van der Waals surface area contributed by atoms with E-state index in [2.05, 4.69) is 15.3 Å². The smallest absolute Gasteiger partial charge is 0.232 e. The molecule has 1 aromatic rings. The van der Waals surface area contributed by atoms with Crippen molar-refractivity contribution in [1.82, 2.24) is 15.3 Å². The van der Waals surface area contributed by atoms with Gasteiger partial charge in [0.05, 0.1) is 6.20 Å². The van der Waals surface area contributed by atoms with Gasteiger partial charge in [-0.05, 0) is 25.7 Å². The third-order valence-corrected chi connectivity index (χ3v) is 3.50. The largest absolute Gasteiger partial charge is 0.473 e. The first kappa shape index (κ1) is 10.0. The maximum Gasteiger partial charge on any atom is 0.232 e. The molecule has 2 aliphatic heterocycles. The van der Waals surface area contributed by atoms with Crippen molar-refractivity contribution in [2.45, 2.75) is 50.3 Å². The first-order valence-corrected chi connectivity index (χ1v) is 6.09. The lowest BCUT2D eigenvalue weighted by molar-refractivity contribution is 0.0886. The minimum atomic E-state index is 0.313. The Bertz CT molecular complexity index is 331. The van der Waals surface area contributed by atoms with Crippen LogP contribution >= 0.6 is 0 Å². The van der Waals surface area contributed by atoms with Crippen molar-refractivity contribution in [3.8, 4) is 5.88 Å². The summed E-state index contributed by atoms with van der Waals surface area (Å²) >= 11 is 0. The number of ether oxygens (including phenoxy) is 1. The van der Waals surface area contributed by atoms with Crippen LogP contribution in [0.2, 0.25) is 0 Å². The van der Waals surface area contributed by atoms with Crippen LogP contribution in [0, 0.1) is 0 Å². The SMILES string of the molecule is c1cnc(OC2C[C@H]3CCC[C@@H](C2)N3)cn1. The molecule has 0 amide bonds. The number of fused-ring (bicyclic) bond motifs is 2. The van der Waals surface area contributed by atoms with Gasteiger partial charge in [0, 0.05) is 24.5 Å². The Morgan fingerprint density at radius 2 is 2.00 bits per heavy atom. The zero-order valence-corrected chi connectivity index (χ0v) is 9.30. The van der Waals surface area contributed by atoms with E-state index in [1.54, 1.807) is 18.6 Å². The molecule has 0 aromatic carbocycles. The molecule has 4 heteroatoms. The number of piperidine rings is 2. The van der Waals surface area contributed by atoms with Crippen LogP contribution < -0.4 is 10.1 Å². The van der Waals surface area contributed by atoms with Crippen LogP contribution in [0.4, 0.5) is 0 Å². The molecule has 4 nitrogen and oxygen atoms in total. The normalized spacial score (nSPS) is 33.4. The first-order chi connectivity index (χ1) is 7.90. The van der Waals surface area contributed by atoms with E-state index < -0.39 is 0 Å². The molecule has 1 unspecified atom stereocenters. The lowest BCUT2D eigenvalue weighted by Crippen LogP contribution is -2.51. The predicted octanol–water partition coefficient (Wildman–Crippen LogP) is 1.53. The monoisotopic (exact) mass is 219 g/mol. The fourth-order valence-corrected chi connectivity index (χ4v) is 2.83. The summed E-state index contributed by atoms with van der Waals surface area (Å²) in [6.07, 6.45) is 11.5. The van der Waals surface area contributed by atoms with Crippen molar-refractivity contribution in [3.05, 3.63) is 18.6 Å². The summed E-state index contributed by atoms with van der Waals surface area (Å²) in [6.45, 7) is 0. The lowest BCUT2D eigenvalue weighted by atomic mass is 9.85. The topological polar surface area (TPSA) is 47.0 Å². The zero-order chi connectivity index (χ0) is 10.8. The quantitative estimate of drug-likeness (QED) is 0.819. The van der Waals surface area contributed by atoms with Gasteiger partial charge in [-0.3, -0.25) is 4.98 Å². The molecule has 2 aliphatic rings.